The Labute approximate surface area is 96.6 Å². The molecule has 0 aromatic heterocycles. The van der Waals surface area contributed by atoms with E-state index >= 15 is 0 Å². The first kappa shape index (κ1) is 13.4. The number of carboxylic acids is 1. The number of hydrogen-bond acceptors (Lipinski definition) is 4. The van der Waals surface area contributed by atoms with Gasteiger partial charge in [0.1, 0.15) is 0 Å². The maximum atomic E-state index is 10.3. The van der Waals surface area contributed by atoms with Gasteiger partial charge in [-0.25, -0.2) is 0 Å². The zero-order chi connectivity index (χ0) is 11.8. The summed E-state index contributed by atoms with van der Waals surface area (Å²) in [6.45, 7) is 4.23. The lowest BCUT2D eigenvalue weighted by Gasteiger charge is -2.31. The van der Waals surface area contributed by atoms with E-state index in [0.717, 1.165) is 45.4 Å². The van der Waals surface area contributed by atoms with Gasteiger partial charge in [0.05, 0.1) is 19.1 Å². The van der Waals surface area contributed by atoms with Gasteiger partial charge in [-0.2, -0.15) is 0 Å². The predicted octanol–water partition coefficient (Wildman–Crippen LogP) is 0.291. The molecule has 1 heterocycles. The van der Waals surface area contributed by atoms with Gasteiger partial charge >= 0.3 is 5.97 Å². The van der Waals surface area contributed by atoms with E-state index in [0.29, 0.717) is 6.61 Å². The predicted molar refractivity (Wildman–Crippen MR) is 61.3 cm³/mol. The Morgan fingerprint density at radius 3 is 2.69 bits per heavy atom. The van der Waals surface area contributed by atoms with Crippen molar-refractivity contribution in [2.24, 2.45) is 5.73 Å². The lowest BCUT2D eigenvalue weighted by Crippen LogP contribution is -2.38. The third-order valence-corrected chi connectivity index (χ3v) is 2.88. The summed E-state index contributed by atoms with van der Waals surface area (Å²) in [4.78, 5) is 12.7. The van der Waals surface area contributed by atoms with Gasteiger partial charge in [-0.15, -0.1) is 0 Å². The van der Waals surface area contributed by atoms with E-state index < -0.39 is 5.97 Å². The summed E-state index contributed by atoms with van der Waals surface area (Å²) in [7, 11) is 0. The lowest BCUT2D eigenvalue weighted by molar-refractivity contribution is -0.138. The SMILES string of the molecule is NCCCN1CCC(OCCC(=O)O)CC1. The molecule has 1 aliphatic heterocycles. The number of piperidine rings is 1. The monoisotopic (exact) mass is 230 g/mol. The minimum absolute atomic E-state index is 0.105. The maximum Gasteiger partial charge on any atom is 0.305 e. The maximum absolute atomic E-state index is 10.3. The molecule has 0 aromatic carbocycles. The van der Waals surface area contributed by atoms with E-state index in [1.54, 1.807) is 0 Å². The quantitative estimate of drug-likeness (QED) is 0.657. The lowest BCUT2D eigenvalue weighted by atomic mass is 10.1. The number of carboxylic acid groups (broad SMARTS) is 1. The van der Waals surface area contributed by atoms with Crippen LogP contribution in [0.25, 0.3) is 0 Å². The smallest absolute Gasteiger partial charge is 0.305 e. The molecule has 0 saturated carbocycles. The van der Waals surface area contributed by atoms with Crippen molar-refractivity contribution in [1.29, 1.82) is 0 Å². The van der Waals surface area contributed by atoms with Crippen LogP contribution in [-0.2, 0) is 9.53 Å². The second-order valence-corrected chi connectivity index (χ2v) is 4.20. The van der Waals surface area contributed by atoms with Gasteiger partial charge in [-0.3, -0.25) is 4.79 Å². The Morgan fingerprint density at radius 2 is 2.12 bits per heavy atom. The summed E-state index contributed by atoms with van der Waals surface area (Å²) in [5.41, 5.74) is 5.46. The highest BCUT2D eigenvalue weighted by molar-refractivity contribution is 5.66. The highest BCUT2D eigenvalue weighted by atomic mass is 16.5. The van der Waals surface area contributed by atoms with Gasteiger partial charge in [0.25, 0.3) is 0 Å². The average Bonchev–Trinajstić information content (AvgIpc) is 2.27. The Hall–Kier alpha value is -0.650. The van der Waals surface area contributed by atoms with E-state index in [1.165, 1.54) is 0 Å². The van der Waals surface area contributed by atoms with Crippen LogP contribution in [0.4, 0.5) is 0 Å². The van der Waals surface area contributed by atoms with Crippen molar-refractivity contribution >= 4 is 5.97 Å². The fraction of sp³-hybridized carbons (Fsp3) is 0.909. The highest BCUT2D eigenvalue weighted by Crippen LogP contribution is 2.13. The van der Waals surface area contributed by atoms with Gasteiger partial charge in [0.2, 0.25) is 0 Å². The van der Waals surface area contributed by atoms with Gasteiger partial charge in [0.15, 0.2) is 0 Å². The molecule has 1 aliphatic rings. The molecule has 0 atom stereocenters. The van der Waals surface area contributed by atoms with Gasteiger partial charge in [-0.1, -0.05) is 0 Å². The van der Waals surface area contributed by atoms with E-state index in [1.807, 2.05) is 0 Å². The molecule has 0 unspecified atom stereocenters. The first-order valence-corrected chi connectivity index (χ1v) is 5.98. The molecule has 94 valence electrons. The summed E-state index contributed by atoms with van der Waals surface area (Å²) in [6.07, 6.45) is 3.40. The largest absolute Gasteiger partial charge is 0.481 e. The van der Waals surface area contributed by atoms with E-state index in [-0.39, 0.29) is 12.5 Å². The summed E-state index contributed by atoms with van der Waals surface area (Å²) < 4.78 is 5.51. The van der Waals surface area contributed by atoms with Crippen molar-refractivity contribution in [2.75, 3.05) is 32.8 Å². The van der Waals surface area contributed by atoms with Crippen molar-refractivity contribution in [3.05, 3.63) is 0 Å². The molecule has 0 aromatic rings. The third-order valence-electron chi connectivity index (χ3n) is 2.88. The zero-order valence-electron chi connectivity index (χ0n) is 9.73. The van der Waals surface area contributed by atoms with Crippen LogP contribution in [0.2, 0.25) is 0 Å². The number of rotatable bonds is 7. The fourth-order valence-corrected chi connectivity index (χ4v) is 1.93. The first-order chi connectivity index (χ1) is 7.72. The molecule has 1 fully saturated rings. The standard InChI is InChI=1S/C11H22N2O3/c12-5-1-6-13-7-2-10(3-8-13)16-9-4-11(14)15/h10H,1-9,12H2,(H,14,15). The van der Waals surface area contributed by atoms with Crippen molar-refractivity contribution in [1.82, 2.24) is 4.90 Å². The minimum atomic E-state index is -0.791. The van der Waals surface area contributed by atoms with E-state index in [4.69, 9.17) is 15.6 Å². The number of hydrogen-bond donors (Lipinski definition) is 2. The van der Waals surface area contributed by atoms with Gasteiger partial charge in [-0.05, 0) is 32.4 Å². The minimum Gasteiger partial charge on any atom is -0.481 e. The Bertz CT molecular complexity index is 203. The average molecular weight is 230 g/mol. The van der Waals surface area contributed by atoms with Crippen molar-refractivity contribution in [3.63, 3.8) is 0 Å². The number of nitrogens with zero attached hydrogens (tertiary/aromatic N) is 1. The van der Waals surface area contributed by atoms with Crippen LogP contribution >= 0.6 is 0 Å². The topological polar surface area (TPSA) is 75.8 Å². The molecular weight excluding hydrogens is 208 g/mol. The Morgan fingerprint density at radius 1 is 1.44 bits per heavy atom. The fourth-order valence-electron chi connectivity index (χ4n) is 1.93. The zero-order valence-corrected chi connectivity index (χ0v) is 9.73. The summed E-state index contributed by atoms with van der Waals surface area (Å²) in [6, 6.07) is 0. The normalized spacial score (nSPS) is 18.8. The molecule has 0 radical (unpaired) electrons. The second-order valence-electron chi connectivity index (χ2n) is 4.20. The molecule has 5 nitrogen and oxygen atoms in total. The number of aliphatic carboxylic acids is 1. The van der Waals surface area contributed by atoms with Crippen molar-refractivity contribution in [2.45, 2.75) is 31.8 Å². The highest BCUT2D eigenvalue weighted by Gasteiger charge is 2.19. The number of nitrogens with two attached hydrogens (primary N) is 1. The first-order valence-electron chi connectivity index (χ1n) is 5.98. The summed E-state index contributed by atoms with van der Waals surface area (Å²) >= 11 is 0. The second kappa shape index (κ2) is 7.60. The van der Waals surface area contributed by atoms with Gasteiger partial charge in [0, 0.05) is 13.1 Å². The van der Waals surface area contributed by atoms with Gasteiger partial charge < -0.3 is 20.5 Å². The molecule has 0 amide bonds. The van der Waals surface area contributed by atoms with E-state index in [9.17, 15) is 4.79 Å². The number of ether oxygens (including phenoxy) is 1. The molecule has 0 aliphatic carbocycles. The molecule has 1 rings (SSSR count). The van der Waals surface area contributed by atoms with Crippen LogP contribution in [0.5, 0.6) is 0 Å². The van der Waals surface area contributed by atoms with Crippen molar-refractivity contribution < 1.29 is 14.6 Å². The van der Waals surface area contributed by atoms with Crippen LogP contribution in [-0.4, -0.2) is 54.9 Å². The number of carbonyl (C=O) groups is 1. The van der Waals surface area contributed by atoms with Crippen LogP contribution < -0.4 is 5.73 Å². The van der Waals surface area contributed by atoms with Crippen LogP contribution in [0.15, 0.2) is 0 Å². The Kier molecular flexibility index (Phi) is 6.37. The summed E-state index contributed by atoms with van der Waals surface area (Å²) in [5, 5.41) is 8.48. The van der Waals surface area contributed by atoms with Crippen LogP contribution in [0.3, 0.4) is 0 Å². The van der Waals surface area contributed by atoms with Crippen molar-refractivity contribution in [3.8, 4) is 0 Å². The summed E-state index contributed by atoms with van der Waals surface area (Å²) in [5.74, 6) is -0.791. The molecule has 1 saturated heterocycles. The molecule has 3 N–H and O–H groups in total. The molecule has 16 heavy (non-hydrogen) atoms. The molecule has 0 spiro atoms. The Balaban J connectivity index is 2.05. The third kappa shape index (κ3) is 5.44. The van der Waals surface area contributed by atoms with Crippen LogP contribution in [0.1, 0.15) is 25.7 Å². The molecular formula is C11H22N2O3. The molecule has 0 bridgehead atoms. The molecule has 5 heteroatoms. The van der Waals surface area contributed by atoms with Crippen LogP contribution in [0, 0.1) is 0 Å². The van der Waals surface area contributed by atoms with E-state index in [2.05, 4.69) is 4.90 Å². The number of likely N-dealkylation sites (tertiary alicyclic amines) is 1.